The first kappa shape index (κ1) is 23.0. The fraction of sp³-hybridized carbons (Fsp3) is 0.480. The van der Waals surface area contributed by atoms with Gasteiger partial charge < -0.3 is 4.90 Å². The molecule has 2 aromatic carbocycles. The van der Waals surface area contributed by atoms with Gasteiger partial charge in [0.05, 0.1) is 4.90 Å². The minimum absolute atomic E-state index is 0.0897. The normalized spacial score (nSPS) is 19.0. The molecule has 0 bridgehead atoms. The largest absolute Gasteiger partial charge is 0.336 e. The number of carbonyl (C=O) groups is 1. The Morgan fingerprint density at radius 3 is 2.22 bits per heavy atom. The molecule has 6 nitrogen and oxygen atoms in total. The molecule has 0 radical (unpaired) electrons. The van der Waals surface area contributed by atoms with Crippen LogP contribution in [0.1, 0.15) is 47.2 Å². The highest BCUT2D eigenvalue weighted by atomic mass is 32.2. The predicted molar refractivity (Wildman–Crippen MR) is 126 cm³/mol. The van der Waals surface area contributed by atoms with Crippen molar-refractivity contribution < 1.29 is 13.2 Å². The number of nitrogens with zero attached hydrogens (tertiary/aromatic N) is 3. The number of hydrogen-bond donors (Lipinski definition) is 0. The summed E-state index contributed by atoms with van der Waals surface area (Å²) in [4.78, 5) is 17.5. The molecule has 1 amide bonds. The van der Waals surface area contributed by atoms with E-state index < -0.39 is 10.0 Å². The van der Waals surface area contributed by atoms with Gasteiger partial charge in [-0.3, -0.25) is 9.69 Å². The highest BCUT2D eigenvalue weighted by Crippen LogP contribution is 2.22. The predicted octanol–water partition coefficient (Wildman–Crippen LogP) is 3.52. The first-order valence-electron chi connectivity index (χ1n) is 11.6. The van der Waals surface area contributed by atoms with Crippen molar-refractivity contribution in [2.75, 3.05) is 39.3 Å². The van der Waals surface area contributed by atoms with Crippen LogP contribution in [0.3, 0.4) is 0 Å². The molecule has 0 unspecified atom stereocenters. The van der Waals surface area contributed by atoms with Gasteiger partial charge in [0.2, 0.25) is 10.0 Å². The quantitative estimate of drug-likeness (QED) is 0.692. The number of sulfonamides is 1. The van der Waals surface area contributed by atoms with E-state index >= 15 is 0 Å². The van der Waals surface area contributed by atoms with Gasteiger partial charge in [-0.05, 0) is 43.5 Å². The Kier molecular flexibility index (Phi) is 7.28. The summed E-state index contributed by atoms with van der Waals surface area (Å²) < 4.78 is 27.8. The van der Waals surface area contributed by atoms with E-state index in [0.29, 0.717) is 31.7 Å². The second-order valence-corrected chi connectivity index (χ2v) is 10.8. The monoisotopic (exact) mass is 455 g/mol. The van der Waals surface area contributed by atoms with Crippen molar-refractivity contribution in [1.82, 2.24) is 14.1 Å². The lowest BCUT2D eigenvalue weighted by Crippen LogP contribution is -2.48. The van der Waals surface area contributed by atoms with Crippen molar-refractivity contribution >= 4 is 15.9 Å². The van der Waals surface area contributed by atoms with E-state index in [0.717, 1.165) is 45.3 Å². The van der Waals surface area contributed by atoms with E-state index in [1.54, 1.807) is 28.6 Å². The van der Waals surface area contributed by atoms with Crippen LogP contribution >= 0.6 is 0 Å². The number of aryl methyl sites for hydroxylation is 1. The summed E-state index contributed by atoms with van der Waals surface area (Å²) in [6.07, 6.45) is 3.93. The highest BCUT2D eigenvalue weighted by molar-refractivity contribution is 7.89. The third kappa shape index (κ3) is 5.39. The molecular weight excluding hydrogens is 422 g/mol. The smallest absolute Gasteiger partial charge is 0.253 e. The SMILES string of the molecule is Cc1cccc(CN2CCN(C(=O)c3cccc(S(=O)(=O)N4CCCCCC4)c3)CC2)c1. The van der Waals surface area contributed by atoms with Gasteiger partial charge in [-0.1, -0.05) is 48.7 Å². The van der Waals surface area contributed by atoms with Gasteiger partial charge in [-0.2, -0.15) is 4.31 Å². The van der Waals surface area contributed by atoms with Crippen LogP contribution in [-0.2, 0) is 16.6 Å². The molecule has 0 saturated carbocycles. The van der Waals surface area contributed by atoms with Gasteiger partial charge in [0.25, 0.3) is 5.91 Å². The van der Waals surface area contributed by atoms with Gasteiger partial charge in [-0.15, -0.1) is 0 Å². The molecule has 0 aliphatic carbocycles. The summed E-state index contributed by atoms with van der Waals surface area (Å²) in [6.45, 7) is 7.01. The van der Waals surface area contributed by atoms with Crippen LogP contribution in [-0.4, -0.2) is 67.7 Å². The number of rotatable bonds is 5. The second kappa shape index (κ2) is 10.1. The van der Waals surface area contributed by atoms with Crippen LogP contribution in [0.2, 0.25) is 0 Å². The lowest BCUT2D eigenvalue weighted by Gasteiger charge is -2.35. The van der Waals surface area contributed by atoms with Crippen molar-refractivity contribution in [3.05, 3.63) is 65.2 Å². The fourth-order valence-electron chi connectivity index (χ4n) is 4.58. The Labute approximate surface area is 191 Å². The standard InChI is InChI=1S/C25H33N3O3S/c1-21-8-6-9-22(18-21)20-26-14-16-27(17-15-26)25(29)23-10-7-11-24(19-23)32(30,31)28-12-4-2-3-5-13-28/h6-11,18-19H,2-5,12-17,20H2,1H3. The minimum Gasteiger partial charge on any atom is -0.336 e. The molecule has 2 aliphatic heterocycles. The van der Waals surface area contributed by atoms with Crippen molar-refractivity contribution in [3.63, 3.8) is 0 Å². The van der Waals surface area contributed by atoms with Crippen LogP contribution in [0.15, 0.2) is 53.4 Å². The Morgan fingerprint density at radius 2 is 1.53 bits per heavy atom. The van der Waals surface area contributed by atoms with Crippen LogP contribution in [0.25, 0.3) is 0 Å². The van der Waals surface area contributed by atoms with Crippen LogP contribution < -0.4 is 0 Å². The zero-order chi connectivity index (χ0) is 22.6. The molecule has 2 fully saturated rings. The van der Waals surface area contributed by atoms with Gasteiger partial charge in [0, 0.05) is 51.4 Å². The molecule has 2 heterocycles. The molecular formula is C25H33N3O3S. The van der Waals surface area contributed by atoms with Crippen LogP contribution in [0.5, 0.6) is 0 Å². The van der Waals surface area contributed by atoms with Crippen molar-refractivity contribution in [2.45, 2.75) is 44.0 Å². The van der Waals surface area contributed by atoms with E-state index in [4.69, 9.17) is 0 Å². The molecule has 0 atom stereocenters. The lowest BCUT2D eigenvalue weighted by molar-refractivity contribution is 0.0628. The molecule has 0 aromatic heterocycles. The van der Waals surface area contributed by atoms with E-state index in [1.807, 2.05) is 4.90 Å². The van der Waals surface area contributed by atoms with Crippen molar-refractivity contribution in [1.29, 1.82) is 0 Å². The summed E-state index contributed by atoms with van der Waals surface area (Å²) in [5.74, 6) is -0.0897. The average Bonchev–Trinajstić information content (AvgIpc) is 3.10. The second-order valence-electron chi connectivity index (χ2n) is 8.90. The summed E-state index contributed by atoms with van der Waals surface area (Å²) in [5.41, 5.74) is 3.00. The fourth-order valence-corrected chi connectivity index (χ4v) is 6.14. The number of amides is 1. The first-order chi connectivity index (χ1) is 15.4. The van der Waals surface area contributed by atoms with Gasteiger partial charge >= 0.3 is 0 Å². The maximum atomic E-state index is 13.1. The minimum atomic E-state index is -3.56. The lowest BCUT2D eigenvalue weighted by atomic mass is 10.1. The summed E-state index contributed by atoms with van der Waals surface area (Å²) >= 11 is 0. The molecule has 172 valence electrons. The Morgan fingerprint density at radius 1 is 0.844 bits per heavy atom. The van der Waals surface area contributed by atoms with Crippen LogP contribution in [0.4, 0.5) is 0 Å². The number of benzene rings is 2. The zero-order valence-corrected chi connectivity index (χ0v) is 19.7. The third-order valence-electron chi connectivity index (χ3n) is 6.43. The molecule has 0 N–H and O–H groups in total. The molecule has 0 spiro atoms. The van der Waals surface area contributed by atoms with Crippen molar-refractivity contribution in [3.8, 4) is 0 Å². The molecule has 32 heavy (non-hydrogen) atoms. The van der Waals surface area contributed by atoms with E-state index in [-0.39, 0.29) is 10.8 Å². The first-order valence-corrected chi connectivity index (χ1v) is 13.0. The molecule has 7 heteroatoms. The summed E-state index contributed by atoms with van der Waals surface area (Å²) in [5, 5.41) is 0. The maximum Gasteiger partial charge on any atom is 0.253 e. The van der Waals surface area contributed by atoms with E-state index in [9.17, 15) is 13.2 Å². The molecule has 2 aliphatic rings. The maximum absolute atomic E-state index is 13.1. The Hall–Kier alpha value is -2.22. The number of hydrogen-bond acceptors (Lipinski definition) is 4. The highest BCUT2D eigenvalue weighted by Gasteiger charge is 2.27. The van der Waals surface area contributed by atoms with Gasteiger partial charge in [0.1, 0.15) is 0 Å². The Bertz CT molecular complexity index is 1040. The molecule has 4 rings (SSSR count). The van der Waals surface area contributed by atoms with E-state index in [2.05, 4.69) is 36.1 Å². The zero-order valence-electron chi connectivity index (χ0n) is 18.9. The van der Waals surface area contributed by atoms with E-state index in [1.165, 1.54) is 11.1 Å². The Balaban J connectivity index is 1.40. The molecule has 2 saturated heterocycles. The average molecular weight is 456 g/mol. The van der Waals surface area contributed by atoms with Gasteiger partial charge in [0.15, 0.2) is 0 Å². The van der Waals surface area contributed by atoms with Crippen LogP contribution in [0, 0.1) is 6.92 Å². The topological polar surface area (TPSA) is 60.9 Å². The van der Waals surface area contributed by atoms with Crippen molar-refractivity contribution in [2.24, 2.45) is 0 Å². The molecule has 2 aromatic rings. The summed E-state index contributed by atoms with van der Waals surface area (Å²) in [7, 11) is -3.56. The van der Waals surface area contributed by atoms with Gasteiger partial charge in [-0.25, -0.2) is 8.42 Å². The number of carbonyl (C=O) groups excluding carboxylic acids is 1. The number of piperazine rings is 1. The summed E-state index contributed by atoms with van der Waals surface area (Å²) in [6, 6.07) is 15.1. The third-order valence-corrected chi connectivity index (χ3v) is 8.33.